The number of rotatable bonds is 3. The molecule has 0 radical (unpaired) electrons. The minimum Gasteiger partial charge on any atom is -0.326 e. The van der Waals surface area contributed by atoms with E-state index in [1.54, 1.807) is 0 Å². The van der Waals surface area contributed by atoms with Crippen LogP contribution in [0.4, 0.5) is 4.39 Å². The van der Waals surface area contributed by atoms with Gasteiger partial charge < -0.3 is 5.73 Å². The van der Waals surface area contributed by atoms with Gasteiger partial charge in [0.25, 0.3) is 0 Å². The fourth-order valence-corrected chi connectivity index (χ4v) is 3.86. The van der Waals surface area contributed by atoms with Crippen molar-refractivity contribution in [2.75, 3.05) is 5.75 Å². The zero-order chi connectivity index (χ0) is 12.3. The summed E-state index contributed by atoms with van der Waals surface area (Å²) in [6, 6.07) is 5.28. The minimum absolute atomic E-state index is 0.0657. The van der Waals surface area contributed by atoms with Crippen LogP contribution in [-0.2, 0) is 6.42 Å². The maximum absolute atomic E-state index is 13.7. The van der Waals surface area contributed by atoms with Crippen LogP contribution in [0, 0.1) is 5.82 Å². The Balaban J connectivity index is 1.99. The molecule has 2 rings (SSSR count). The Kier molecular flexibility index (Phi) is 4.88. The second-order valence-corrected chi connectivity index (χ2v) is 6.77. The first-order valence-electron chi connectivity index (χ1n) is 5.98. The van der Waals surface area contributed by atoms with Crippen molar-refractivity contribution in [1.29, 1.82) is 0 Å². The molecule has 1 nitrogen and oxygen atoms in total. The van der Waals surface area contributed by atoms with Crippen LogP contribution in [0.1, 0.15) is 24.8 Å². The largest absolute Gasteiger partial charge is 0.326 e. The third-order valence-corrected chi connectivity index (χ3v) is 5.19. The number of benzene rings is 1. The monoisotopic (exact) mass is 317 g/mol. The van der Waals surface area contributed by atoms with E-state index < -0.39 is 0 Å². The molecule has 0 aliphatic carbocycles. The van der Waals surface area contributed by atoms with Gasteiger partial charge in [0.15, 0.2) is 0 Å². The number of nitrogens with two attached hydrogens (primary N) is 1. The fraction of sp³-hybridized carbons (Fsp3) is 0.538. The van der Waals surface area contributed by atoms with Gasteiger partial charge in [-0.05, 0) is 42.7 Å². The summed E-state index contributed by atoms with van der Waals surface area (Å²) >= 11 is 5.21. The van der Waals surface area contributed by atoms with Crippen molar-refractivity contribution in [3.63, 3.8) is 0 Å². The summed E-state index contributed by atoms with van der Waals surface area (Å²) < 4.78 is 14.5. The van der Waals surface area contributed by atoms with Crippen LogP contribution in [0.15, 0.2) is 22.7 Å². The average Bonchev–Trinajstić information content (AvgIpc) is 2.34. The summed E-state index contributed by atoms with van der Waals surface area (Å²) in [4.78, 5) is 0. The molecule has 0 spiro atoms. The fourth-order valence-electron chi connectivity index (χ4n) is 2.18. The molecule has 1 aliphatic rings. The molecule has 0 saturated carbocycles. The Morgan fingerprint density at radius 1 is 1.47 bits per heavy atom. The molecule has 1 saturated heterocycles. The van der Waals surface area contributed by atoms with E-state index in [-0.39, 0.29) is 11.9 Å². The molecule has 17 heavy (non-hydrogen) atoms. The quantitative estimate of drug-likeness (QED) is 0.919. The highest BCUT2D eigenvalue weighted by Gasteiger charge is 2.22. The van der Waals surface area contributed by atoms with Crippen LogP contribution >= 0.6 is 27.7 Å². The summed E-state index contributed by atoms with van der Waals surface area (Å²) in [6.45, 7) is 0. The van der Waals surface area contributed by atoms with E-state index in [9.17, 15) is 4.39 Å². The van der Waals surface area contributed by atoms with Crippen molar-refractivity contribution in [2.24, 2.45) is 5.73 Å². The molecule has 2 unspecified atom stereocenters. The highest BCUT2D eigenvalue weighted by molar-refractivity contribution is 9.10. The van der Waals surface area contributed by atoms with E-state index in [4.69, 9.17) is 5.73 Å². The van der Waals surface area contributed by atoms with Crippen LogP contribution in [0.5, 0.6) is 0 Å². The van der Waals surface area contributed by atoms with Crippen molar-refractivity contribution in [3.05, 3.63) is 34.1 Å². The normalized spacial score (nSPS) is 22.4. The zero-order valence-corrected chi connectivity index (χ0v) is 12.1. The SMILES string of the molecule is NC(Cc1ccc(Br)cc1F)C1CCCCS1. The highest BCUT2D eigenvalue weighted by Crippen LogP contribution is 2.28. The minimum atomic E-state index is -0.157. The maximum Gasteiger partial charge on any atom is 0.127 e. The van der Waals surface area contributed by atoms with Crippen molar-refractivity contribution in [2.45, 2.75) is 37.0 Å². The predicted octanol–water partition coefficient (Wildman–Crippen LogP) is 3.74. The van der Waals surface area contributed by atoms with E-state index in [0.717, 1.165) is 10.0 Å². The van der Waals surface area contributed by atoms with Crippen molar-refractivity contribution >= 4 is 27.7 Å². The van der Waals surface area contributed by atoms with E-state index in [2.05, 4.69) is 15.9 Å². The van der Waals surface area contributed by atoms with Crippen LogP contribution < -0.4 is 5.73 Å². The highest BCUT2D eigenvalue weighted by atomic mass is 79.9. The lowest BCUT2D eigenvalue weighted by Gasteiger charge is -2.27. The van der Waals surface area contributed by atoms with Gasteiger partial charge in [-0.1, -0.05) is 28.4 Å². The Labute approximate surface area is 114 Å². The topological polar surface area (TPSA) is 26.0 Å². The molecular weight excluding hydrogens is 301 g/mol. The van der Waals surface area contributed by atoms with E-state index in [1.165, 1.54) is 31.1 Å². The van der Waals surface area contributed by atoms with Crippen molar-refractivity contribution in [3.8, 4) is 0 Å². The lowest BCUT2D eigenvalue weighted by atomic mass is 10.00. The first-order valence-corrected chi connectivity index (χ1v) is 7.82. The van der Waals surface area contributed by atoms with Gasteiger partial charge in [-0.3, -0.25) is 0 Å². The maximum atomic E-state index is 13.7. The Morgan fingerprint density at radius 3 is 2.94 bits per heavy atom. The first-order chi connectivity index (χ1) is 8.16. The molecule has 1 fully saturated rings. The third kappa shape index (κ3) is 3.70. The number of halogens is 2. The van der Waals surface area contributed by atoms with Crippen LogP contribution in [0.3, 0.4) is 0 Å². The number of hydrogen-bond donors (Lipinski definition) is 1. The van der Waals surface area contributed by atoms with Crippen LogP contribution in [0.25, 0.3) is 0 Å². The lowest BCUT2D eigenvalue weighted by molar-refractivity contribution is 0.540. The summed E-state index contributed by atoms with van der Waals surface area (Å²) in [5, 5.41) is 0.492. The molecule has 2 N–H and O–H groups in total. The molecule has 4 heteroatoms. The van der Waals surface area contributed by atoms with E-state index in [1.807, 2.05) is 23.9 Å². The van der Waals surface area contributed by atoms with E-state index >= 15 is 0 Å². The Bertz CT molecular complexity index is 380. The summed E-state index contributed by atoms with van der Waals surface area (Å²) in [5.41, 5.74) is 6.92. The van der Waals surface area contributed by atoms with Crippen molar-refractivity contribution in [1.82, 2.24) is 0 Å². The number of thioether (sulfide) groups is 1. The second-order valence-electron chi connectivity index (χ2n) is 4.51. The van der Waals surface area contributed by atoms with Crippen molar-refractivity contribution < 1.29 is 4.39 Å². The lowest BCUT2D eigenvalue weighted by Crippen LogP contribution is -2.36. The predicted molar refractivity (Wildman–Crippen MR) is 75.9 cm³/mol. The molecule has 0 aromatic heterocycles. The van der Waals surface area contributed by atoms with Gasteiger partial charge in [-0.2, -0.15) is 11.8 Å². The molecule has 1 aromatic carbocycles. The summed E-state index contributed by atoms with van der Waals surface area (Å²) in [5.74, 6) is 1.04. The molecule has 1 aromatic rings. The standard InChI is InChI=1S/C13H17BrFNS/c14-10-5-4-9(11(15)8-10)7-12(16)13-3-1-2-6-17-13/h4-5,8,12-13H,1-3,6-7,16H2. The Morgan fingerprint density at radius 2 is 2.29 bits per heavy atom. The molecular formula is C13H17BrFNS. The van der Waals surface area contributed by atoms with Crippen LogP contribution in [0.2, 0.25) is 0 Å². The third-order valence-electron chi connectivity index (χ3n) is 3.16. The van der Waals surface area contributed by atoms with Crippen LogP contribution in [-0.4, -0.2) is 17.0 Å². The van der Waals surface area contributed by atoms with Gasteiger partial charge in [-0.15, -0.1) is 0 Å². The second kappa shape index (κ2) is 6.21. The van der Waals surface area contributed by atoms with Gasteiger partial charge in [-0.25, -0.2) is 4.39 Å². The van der Waals surface area contributed by atoms with Gasteiger partial charge in [0.2, 0.25) is 0 Å². The van der Waals surface area contributed by atoms with E-state index in [0.29, 0.717) is 11.7 Å². The first kappa shape index (κ1) is 13.4. The van der Waals surface area contributed by atoms with Gasteiger partial charge in [0.05, 0.1) is 0 Å². The molecule has 94 valence electrons. The molecule has 0 bridgehead atoms. The molecule has 1 heterocycles. The molecule has 1 aliphatic heterocycles. The van der Waals surface area contributed by atoms with Gasteiger partial charge in [0, 0.05) is 15.8 Å². The zero-order valence-electron chi connectivity index (χ0n) is 9.66. The van der Waals surface area contributed by atoms with Gasteiger partial charge >= 0.3 is 0 Å². The Hall–Kier alpha value is -0.0600. The van der Waals surface area contributed by atoms with Gasteiger partial charge in [0.1, 0.15) is 5.82 Å². The molecule has 2 atom stereocenters. The average molecular weight is 318 g/mol. The molecule has 0 amide bonds. The smallest absolute Gasteiger partial charge is 0.127 e. The number of hydrogen-bond acceptors (Lipinski definition) is 2. The summed E-state index contributed by atoms with van der Waals surface area (Å²) in [7, 11) is 0. The summed E-state index contributed by atoms with van der Waals surface area (Å²) in [6.07, 6.45) is 4.36.